The van der Waals surface area contributed by atoms with Gasteiger partial charge in [-0.2, -0.15) is 26.9 Å². The number of ether oxygens (including phenoxy) is 1. The molecule has 2 amide bonds. The molecule has 1 saturated carbocycles. The van der Waals surface area contributed by atoms with E-state index in [1.165, 1.54) is 17.9 Å². The van der Waals surface area contributed by atoms with Crippen LogP contribution in [0.25, 0.3) is 0 Å². The summed E-state index contributed by atoms with van der Waals surface area (Å²) >= 11 is 0. The number of imide groups is 1. The van der Waals surface area contributed by atoms with Crippen molar-refractivity contribution in [2.75, 3.05) is 60.9 Å². The molecule has 332 valence electrons. The van der Waals surface area contributed by atoms with Crippen LogP contribution in [0.3, 0.4) is 0 Å². The number of nitrogens with one attached hydrogen (secondary N) is 3. The molecule has 7 rings (SSSR count). The topological polar surface area (TPSA) is 169 Å². The number of piperidine rings is 2. The third-order valence-electron chi connectivity index (χ3n) is 11.8. The molecular formula is C40H48F6N8O6S. The largest absolute Gasteiger partial charge is 0.433 e. The number of carbonyl (C=O) groups excluding carboxylic acids is 2. The van der Waals surface area contributed by atoms with E-state index < -0.39 is 75.2 Å². The molecular weight excluding hydrogens is 835 g/mol. The molecule has 1 unspecified atom stereocenters. The number of sulfonamides is 1. The zero-order valence-electron chi connectivity index (χ0n) is 33.4. The fourth-order valence-electron chi connectivity index (χ4n) is 8.65. The number of aliphatic hydroxyl groups is 1. The lowest BCUT2D eigenvalue weighted by atomic mass is 9.86. The highest BCUT2D eigenvalue weighted by Crippen LogP contribution is 2.39. The fourth-order valence-corrected chi connectivity index (χ4v) is 9.97. The van der Waals surface area contributed by atoms with Crippen molar-refractivity contribution in [2.24, 2.45) is 5.92 Å². The lowest BCUT2D eigenvalue weighted by Gasteiger charge is -2.39. The van der Waals surface area contributed by atoms with Crippen molar-refractivity contribution in [1.29, 1.82) is 0 Å². The van der Waals surface area contributed by atoms with Crippen LogP contribution < -0.4 is 29.9 Å². The maximum absolute atomic E-state index is 15.1. The number of nitrogens with zero attached hydrogens (tertiary/aromatic N) is 5. The molecule has 4 heterocycles. The van der Waals surface area contributed by atoms with Gasteiger partial charge in [0, 0.05) is 81.8 Å². The maximum Gasteiger partial charge on any atom is 0.421 e. The quantitative estimate of drug-likeness (QED) is 0.133. The average molecular weight is 883 g/mol. The molecule has 4 fully saturated rings. The summed E-state index contributed by atoms with van der Waals surface area (Å²) in [6.07, 6.45) is -0.497. The zero-order valence-corrected chi connectivity index (χ0v) is 34.2. The van der Waals surface area contributed by atoms with Crippen LogP contribution in [0.5, 0.6) is 5.75 Å². The van der Waals surface area contributed by atoms with Crippen LogP contribution in [0, 0.1) is 11.7 Å². The van der Waals surface area contributed by atoms with Crippen molar-refractivity contribution in [3.8, 4) is 5.75 Å². The van der Waals surface area contributed by atoms with Gasteiger partial charge in [-0.1, -0.05) is 6.07 Å². The number of alkyl halides is 5. The van der Waals surface area contributed by atoms with Crippen molar-refractivity contribution in [1.82, 2.24) is 24.9 Å². The van der Waals surface area contributed by atoms with Gasteiger partial charge in [0.25, 0.3) is 0 Å². The molecule has 3 saturated heterocycles. The van der Waals surface area contributed by atoms with Crippen LogP contribution in [0.2, 0.25) is 0 Å². The smallest absolute Gasteiger partial charge is 0.421 e. The lowest BCUT2D eigenvalue weighted by Crippen LogP contribution is -2.48. The van der Waals surface area contributed by atoms with Crippen molar-refractivity contribution in [3.63, 3.8) is 0 Å². The molecule has 0 radical (unpaired) electrons. The minimum Gasteiger partial charge on any atom is -0.433 e. The Balaban J connectivity index is 0.930. The number of rotatable bonds is 12. The third-order valence-corrected chi connectivity index (χ3v) is 13.3. The van der Waals surface area contributed by atoms with Gasteiger partial charge in [0.1, 0.15) is 17.2 Å². The Hall–Kier alpha value is -4.73. The third kappa shape index (κ3) is 10.8. The highest BCUT2D eigenvalue weighted by molar-refractivity contribution is 7.89. The molecule has 1 aromatic heterocycles. The number of halogens is 6. The molecule has 3 aliphatic heterocycles. The number of hydrogen-bond acceptors (Lipinski definition) is 12. The number of amides is 2. The number of β-amino-alcohol motifs (C(OH)–C–C–N with tert-alkyl or cyclic N) is 1. The summed E-state index contributed by atoms with van der Waals surface area (Å²) in [5, 5.41) is 15.4. The van der Waals surface area contributed by atoms with E-state index in [-0.39, 0.29) is 48.0 Å². The van der Waals surface area contributed by atoms with E-state index in [0.29, 0.717) is 56.6 Å². The number of anilines is 4. The Morgan fingerprint density at radius 3 is 2.39 bits per heavy atom. The van der Waals surface area contributed by atoms with E-state index in [1.807, 2.05) is 0 Å². The predicted molar refractivity (Wildman–Crippen MR) is 212 cm³/mol. The first kappa shape index (κ1) is 44.3. The summed E-state index contributed by atoms with van der Waals surface area (Å²) in [5.41, 5.74) is -1.64. The van der Waals surface area contributed by atoms with Crippen molar-refractivity contribution >= 4 is 45.0 Å². The van der Waals surface area contributed by atoms with E-state index >= 15 is 4.39 Å². The van der Waals surface area contributed by atoms with Gasteiger partial charge in [-0.15, -0.1) is 0 Å². The van der Waals surface area contributed by atoms with Crippen LogP contribution in [-0.4, -0.2) is 104 Å². The summed E-state index contributed by atoms with van der Waals surface area (Å²) in [6.45, 7) is 1.79. The monoisotopic (exact) mass is 882 g/mol. The van der Waals surface area contributed by atoms with E-state index in [4.69, 9.17) is 0 Å². The van der Waals surface area contributed by atoms with Crippen LogP contribution in [0.4, 0.5) is 49.5 Å². The number of benzene rings is 2. The second-order valence-electron chi connectivity index (χ2n) is 16.4. The SMILES string of the molecule is C[C@]1(O)CCCN(c2nc(Nc3ccc(S(=O)(=O)NC4CCC(CN5CCN(c6ccc(C7CCC(=O)NC7=O)c(F)c6)CC5)CC4)cc3OC(F)F)ncc2C(F)(F)F)C1. The first-order chi connectivity index (χ1) is 28.8. The van der Waals surface area contributed by atoms with Crippen LogP contribution >= 0.6 is 0 Å². The van der Waals surface area contributed by atoms with Crippen LogP contribution in [-0.2, 0) is 25.8 Å². The van der Waals surface area contributed by atoms with Crippen LogP contribution in [0.15, 0.2) is 47.5 Å². The summed E-state index contributed by atoms with van der Waals surface area (Å²) in [5.74, 6) is -3.22. The Morgan fingerprint density at radius 1 is 1.00 bits per heavy atom. The van der Waals surface area contributed by atoms with Gasteiger partial charge in [-0.3, -0.25) is 19.8 Å². The van der Waals surface area contributed by atoms with E-state index in [2.05, 4.69) is 39.9 Å². The highest BCUT2D eigenvalue weighted by atomic mass is 32.2. The van der Waals surface area contributed by atoms with E-state index in [1.54, 1.807) is 12.1 Å². The molecule has 0 bridgehead atoms. The molecule has 4 N–H and O–H groups in total. The minimum atomic E-state index is -4.83. The lowest BCUT2D eigenvalue weighted by molar-refractivity contribution is -0.138. The standard InChI is InChI=1S/C40H48F6N8O6S/c1-39(57)13-2-14-54(23-39)35-30(40(44,45)46)21-47-38(50-35)48-32-11-8-27(20-33(32)60-37(42)43)61(58,59)51-25-5-3-24(4-6-25)22-52-15-17-53(18-16-52)26-7-9-28(31(41)19-26)29-10-12-34(55)49-36(29)56/h7-9,11,19-21,24-25,29,37,51,57H,2-6,10,12-18,22-23H2,1H3,(H,47,48,50)(H,49,55,56)/t24?,25?,29?,39-/m0/s1. The number of carbonyl (C=O) groups is 2. The molecule has 2 aromatic carbocycles. The Kier molecular flexibility index (Phi) is 13.0. The maximum atomic E-state index is 15.1. The second-order valence-corrected chi connectivity index (χ2v) is 18.2. The highest BCUT2D eigenvalue weighted by Gasteiger charge is 2.40. The predicted octanol–water partition coefficient (Wildman–Crippen LogP) is 5.51. The molecule has 3 aromatic rings. The van der Waals surface area contributed by atoms with Gasteiger partial charge in [0.2, 0.25) is 27.8 Å². The van der Waals surface area contributed by atoms with Crippen molar-refractivity contribution < 1.29 is 54.2 Å². The first-order valence-corrected chi connectivity index (χ1v) is 21.7. The van der Waals surface area contributed by atoms with Crippen molar-refractivity contribution in [3.05, 3.63) is 59.5 Å². The molecule has 61 heavy (non-hydrogen) atoms. The molecule has 4 aliphatic rings. The minimum absolute atomic E-state index is 0.135. The van der Waals surface area contributed by atoms with Gasteiger partial charge in [0.05, 0.1) is 22.1 Å². The van der Waals surface area contributed by atoms with Crippen LogP contribution in [0.1, 0.15) is 75.3 Å². The number of aromatic nitrogens is 2. The normalized spacial score (nSPS) is 24.5. The van der Waals surface area contributed by atoms with E-state index in [9.17, 15) is 45.1 Å². The van der Waals surface area contributed by atoms with Crippen molar-refractivity contribution in [2.45, 2.75) is 93.5 Å². The number of piperazine rings is 1. The molecule has 21 heteroatoms. The summed E-state index contributed by atoms with van der Waals surface area (Å²) < 4.78 is 118. The molecule has 0 spiro atoms. The summed E-state index contributed by atoms with van der Waals surface area (Å²) in [4.78, 5) is 36.9. The van der Waals surface area contributed by atoms with Gasteiger partial charge in [0.15, 0.2) is 5.75 Å². The number of hydrogen-bond donors (Lipinski definition) is 4. The van der Waals surface area contributed by atoms with Gasteiger partial charge in [-0.05, 0) is 82.1 Å². The molecule has 2 atom stereocenters. The molecule has 1 aliphatic carbocycles. The van der Waals surface area contributed by atoms with Gasteiger partial charge < -0.3 is 25.0 Å². The Bertz CT molecular complexity index is 2200. The Morgan fingerprint density at radius 2 is 1.74 bits per heavy atom. The Labute approximate surface area is 349 Å². The second kappa shape index (κ2) is 17.9. The van der Waals surface area contributed by atoms with Gasteiger partial charge in [-0.25, -0.2) is 22.5 Å². The average Bonchev–Trinajstić information content (AvgIpc) is 3.19. The fraction of sp³-hybridized carbons (Fsp3) is 0.550. The summed E-state index contributed by atoms with van der Waals surface area (Å²) in [7, 11) is -4.22. The van der Waals surface area contributed by atoms with Gasteiger partial charge >= 0.3 is 12.8 Å². The summed E-state index contributed by atoms with van der Waals surface area (Å²) in [6, 6.07) is 7.64. The van der Waals surface area contributed by atoms with E-state index in [0.717, 1.165) is 50.7 Å². The zero-order chi connectivity index (χ0) is 43.7. The molecule has 14 nitrogen and oxygen atoms in total. The first-order valence-electron chi connectivity index (χ1n) is 20.2.